The first-order chi connectivity index (χ1) is 8.83. The second-order valence-corrected chi connectivity index (χ2v) is 4.37. The van der Waals surface area contributed by atoms with E-state index in [-0.39, 0.29) is 0 Å². The number of nitrogens with zero attached hydrogens (tertiary/aromatic N) is 3. The first kappa shape index (κ1) is 12.7. The lowest BCUT2D eigenvalue weighted by molar-refractivity contribution is 1.01. The molecule has 1 aromatic carbocycles. The monoisotopic (exact) mass is 241 g/mol. The average Bonchev–Trinajstić information content (AvgIpc) is 2.91. The Morgan fingerprint density at radius 3 is 2.89 bits per heavy atom. The minimum Gasteiger partial charge on any atom is -0.261 e. The van der Waals surface area contributed by atoms with Crippen LogP contribution in [0.1, 0.15) is 37.8 Å². The van der Waals surface area contributed by atoms with Gasteiger partial charge in [0.05, 0.1) is 5.69 Å². The maximum absolute atomic E-state index is 4.39. The molecule has 2 rings (SSSR count). The van der Waals surface area contributed by atoms with Gasteiger partial charge in [0.2, 0.25) is 0 Å². The fourth-order valence-corrected chi connectivity index (χ4v) is 2.09. The third kappa shape index (κ3) is 3.13. The summed E-state index contributed by atoms with van der Waals surface area (Å²) in [7, 11) is 0. The molecule has 1 aliphatic heterocycles. The largest absolute Gasteiger partial charge is 0.261 e. The van der Waals surface area contributed by atoms with Crippen LogP contribution in [0.25, 0.3) is 0 Å². The van der Waals surface area contributed by atoms with Crippen LogP contribution in [0.5, 0.6) is 0 Å². The number of rotatable bonds is 5. The molecule has 3 heteroatoms. The molecule has 94 valence electrons. The van der Waals surface area contributed by atoms with E-state index < -0.39 is 0 Å². The van der Waals surface area contributed by atoms with E-state index in [9.17, 15) is 0 Å². The minimum absolute atomic E-state index is 0.916. The van der Waals surface area contributed by atoms with Gasteiger partial charge in [-0.15, -0.1) is 0 Å². The standard InChI is InChI=1S/C15H19N3/c1-3-13-11-12(6-8-15(13)16-4-2)5-7-14-9-10-17-18-14/h4,6,8,10-11H,3,5,7,9H2,1-2H3. The van der Waals surface area contributed by atoms with Crippen LogP contribution in [0.3, 0.4) is 0 Å². The van der Waals surface area contributed by atoms with Gasteiger partial charge in [-0.25, -0.2) is 0 Å². The first-order valence-corrected chi connectivity index (χ1v) is 6.51. The van der Waals surface area contributed by atoms with Crippen LogP contribution in [0.2, 0.25) is 0 Å². The topological polar surface area (TPSA) is 37.1 Å². The summed E-state index contributed by atoms with van der Waals surface area (Å²) >= 11 is 0. The van der Waals surface area contributed by atoms with Gasteiger partial charge >= 0.3 is 0 Å². The third-order valence-corrected chi connectivity index (χ3v) is 3.10. The smallest absolute Gasteiger partial charge is 0.0657 e. The Morgan fingerprint density at radius 2 is 2.22 bits per heavy atom. The van der Waals surface area contributed by atoms with Crippen molar-refractivity contribution in [2.75, 3.05) is 0 Å². The second kappa shape index (κ2) is 6.24. The second-order valence-electron chi connectivity index (χ2n) is 4.37. The van der Waals surface area contributed by atoms with Crippen LogP contribution in [-0.4, -0.2) is 18.1 Å². The molecular weight excluding hydrogens is 222 g/mol. The molecule has 0 amide bonds. The third-order valence-electron chi connectivity index (χ3n) is 3.10. The van der Waals surface area contributed by atoms with Crippen LogP contribution >= 0.6 is 0 Å². The van der Waals surface area contributed by atoms with Crippen LogP contribution in [0.4, 0.5) is 5.69 Å². The van der Waals surface area contributed by atoms with Crippen molar-refractivity contribution < 1.29 is 0 Å². The number of hydrogen-bond donors (Lipinski definition) is 0. The number of hydrogen-bond acceptors (Lipinski definition) is 3. The molecule has 1 aliphatic rings. The van der Waals surface area contributed by atoms with Crippen molar-refractivity contribution >= 4 is 23.8 Å². The van der Waals surface area contributed by atoms with Crippen LogP contribution in [0.15, 0.2) is 33.4 Å². The van der Waals surface area contributed by atoms with Crippen molar-refractivity contribution in [1.82, 2.24) is 0 Å². The zero-order valence-electron chi connectivity index (χ0n) is 11.1. The Morgan fingerprint density at radius 1 is 1.33 bits per heavy atom. The lowest BCUT2D eigenvalue weighted by Gasteiger charge is -2.07. The quantitative estimate of drug-likeness (QED) is 0.704. The maximum Gasteiger partial charge on any atom is 0.0657 e. The molecule has 3 nitrogen and oxygen atoms in total. The van der Waals surface area contributed by atoms with Gasteiger partial charge in [-0.1, -0.05) is 19.1 Å². The van der Waals surface area contributed by atoms with Gasteiger partial charge in [0, 0.05) is 24.6 Å². The maximum atomic E-state index is 4.39. The molecule has 0 atom stereocenters. The Bertz CT molecular complexity index is 498. The van der Waals surface area contributed by atoms with Gasteiger partial charge in [-0.3, -0.25) is 4.99 Å². The van der Waals surface area contributed by atoms with E-state index in [1.54, 1.807) is 0 Å². The van der Waals surface area contributed by atoms with E-state index in [1.165, 1.54) is 16.8 Å². The summed E-state index contributed by atoms with van der Waals surface area (Å²) < 4.78 is 0. The van der Waals surface area contributed by atoms with Crippen molar-refractivity contribution in [3.05, 3.63) is 29.3 Å². The van der Waals surface area contributed by atoms with E-state index in [0.29, 0.717) is 0 Å². The highest BCUT2D eigenvalue weighted by Crippen LogP contribution is 2.22. The molecule has 0 aromatic heterocycles. The van der Waals surface area contributed by atoms with Gasteiger partial charge in [-0.05, 0) is 43.4 Å². The van der Waals surface area contributed by atoms with E-state index in [1.807, 2.05) is 19.4 Å². The molecule has 0 saturated heterocycles. The van der Waals surface area contributed by atoms with Gasteiger partial charge in [0.25, 0.3) is 0 Å². The predicted molar refractivity (Wildman–Crippen MR) is 78.5 cm³/mol. The molecule has 0 spiro atoms. The number of benzene rings is 1. The predicted octanol–water partition coefficient (Wildman–Crippen LogP) is 3.73. The molecule has 0 aliphatic carbocycles. The summed E-state index contributed by atoms with van der Waals surface area (Å²) in [6.45, 7) is 4.12. The highest BCUT2D eigenvalue weighted by atomic mass is 15.2. The van der Waals surface area contributed by atoms with Crippen LogP contribution in [-0.2, 0) is 12.8 Å². The molecule has 0 unspecified atom stereocenters. The van der Waals surface area contributed by atoms with Crippen LogP contribution in [0, 0.1) is 0 Å². The Balaban J connectivity index is 2.04. The molecule has 1 aromatic rings. The Hall–Kier alpha value is -1.77. The summed E-state index contributed by atoms with van der Waals surface area (Å²) in [6.07, 6.45) is 7.68. The number of aliphatic imine (C=N–C) groups is 1. The molecular formula is C15H19N3. The Kier molecular flexibility index (Phi) is 4.40. The highest BCUT2D eigenvalue weighted by molar-refractivity contribution is 5.98. The van der Waals surface area contributed by atoms with Crippen molar-refractivity contribution in [2.24, 2.45) is 15.2 Å². The average molecular weight is 241 g/mol. The lowest BCUT2D eigenvalue weighted by Crippen LogP contribution is -1.98. The molecule has 0 fully saturated rings. The summed E-state index contributed by atoms with van der Waals surface area (Å²) in [5.74, 6) is 0. The normalized spacial score (nSPS) is 14.4. The van der Waals surface area contributed by atoms with E-state index in [4.69, 9.17) is 0 Å². The van der Waals surface area contributed by atoms with E-state index in [2.05, 4.69) is 40.3 Å². The first-order valence-electron chi connectivity index (χ1n) is 6.51. The van der Waals surface area contributed by atoms with Crippen molar-refractivity contribution in [2.45, 2.75) is 39.5 Å². The zero-order valence-corrected chi connectivity index (χ0v) is 11.1. The minimum atomic E-state index is 0.916. The summed E-state index contributed by atoms with van der Waals surface area (Å²) in [5, 5.41) is 8.00. The van der Waals surface area contributed by atoms with Gasteiger partial charge < -0.3 is 0 Å². The van der Waals surface area contributed by atoms with Gasteiger partial charge in [0.1, 0.15) is 0 Å². The summed E-state index contributed by atoms with van der Waals surface area (Å²) in [6, 6.07) is 6.54. The lowest BCUT2D eigenvalue weighted by atomic mass is 10.0. The molecule has 1 heterocycles. The van der Waals surface area contributed by atoms with Crippen molar-refractivity contribution in [1.29, 1.82) is 0 Å². The molecule has 0 bridgehead atoms. The fourth-order valence-electron chi connectivity index (χ4n) is 2.09. The van der Waals surface area contributed by atoms with Crippen LogP contribution < -0.4 is 0 Å². The molecule has 0 radical (unpaired) electrons. The molecule has 18 heavy (non-hydrogen) atoms. The Labute approximate surface area is 108 Å². The SMILES string of the molecule is CC=Nc1ccc(CCC2=NN=CC2)cc1CC. The summed E-state index contributed by atoms with van der Waals surface area (Å²) in [4.78, 5) is 4.39. The molecule has 0 saturated carbocycles. The van der Waals surface area contributed by atoms with Gasteiger partial charge in [-0.2, -0.15) is 10.2 Å². The zero-order chi connectivity index (χ0) is 12.8. The highest BCUT2D eigenvalue weighted by Gasteiger charge is 2.05. The number of aryl methyl sites for hydroxylation is 2. The van der Waals surface area contributed by atoms with Gasteiger partial charge in [0.15, 0.2) is 0 Å². The van der Waals surface area contributed by atoms with E-state index >= 15 is 0 Å². The molecule has 0 N–H and O–H groups in total. The van der Waals surface area contributed by atoms with E-state index in [0.717, 1.165) is 31.4 Å². The fraction of sp³-hybridized carbons (Fsp3) is 0.400. The van der Waals surface area contributed by atoms with Crippen molar-refractivity contribution in [3.63, 3.8) is 0 Å². The summed E-state index contributed by atoms with van der Waals surface area (Å²) in [5.41, 5.74) is 4.95. The van der Waals surface area contributed by atoms with Crippen molar-refractivity contribution in [3.8, 4) is 0 Å².